The second-order valence-corrected chi connectivity index (χ2v) is 7.88. The first kappa shape index (κ1) is 20.1. The number of aromatic amines is 1. The summed E-state index contributed by atoms with van der Waals surface area (Å²) >= 11 is 0. The van der Waals surface area contributed by atoms with E-state index in [0.29, 0.717) is 5.92 Å². The standard InChI is InChI=1S/C27H28N2O/c1-3-20(21-15-13-19(2)14-16-21)17-29-26(22-9-5-4-6-10-22)27(30)24-18-28-25-12-8-7-11-23(24)25/h4-16,18,20,26,28-29H,3,17H2,1-2H3/t20-,26+/m0/s1. The van der Waals surface area contributed by atoms with E-state index in [4.69, 9.17) is 0 Å². The fourth-order valence-electron chi connectivity index (χ4n) is 4.03. The number of fused-ring (bicyclic) bond motifs is 1. The Morgan fingerprint density at radius 2 is 1.60 bits per heavy atom. The summed E-state index contributed by atoms with van der Waals surface area (Å²) in [5.41, 5.74) is 5.28. The third-order valence-electron chi connectivity index (χ3n) is 5.86. The summed E-state index contributed by atoms with van der Waals surface area (Å²) in [4.78, 5) is 16.9. The molecule has 152 valence electrons. The van der Waals surface area contributed by atoms with Crippen molar-refractivity contribution in [3.8, 4) is 0 Å². The van der Waals surface area contributed by atoms with Gasteiger partial charge in [0.05, 0.1) is 6.04 Å². The molecule has 1 heterocycles. The molecule has 0 radical (unpaired) electrons. The van der Waals surface area contributed by atoms with Crippen LogP contribution in [0.3, 0.4) is 0 Å². The highest BCUT2D eigenvalue weighted by Gasteiger charge is 2.25. The molecule has 4 aromatic rings. The molecule has 0 aliphatic heterocycles. The number of para-hydroxylation sites is 1. The number of hydrogen-bond donors (Lipinski definition) is 2. The van der Waals surface area contributed by atoms with Crippen LogP contribution in [0.2, 0.25) is 0 Å². The number of H-pyrrole nitrogens is 1. The minimum absolute atomic E-state index is 0.0948. The molecule has 0 unspecified atom stereocenters. The van der Waals surface area contributed by atoms with Crippen LogP contribution in [0.25, 0.3) is 10.9 Å². The molecule has 3 aromatic carbocycles. The Bertz CT molecular complexity index is 1110. The van der Waals surface area contributed by atoms with Gasteiger partial charge in [-0.3, -0.25) is 4.79 Å². The van der Waals surface area contributed by atoms with Gasteiger partial charge in [0.15, 0.2) is 5.78 Å². The summed E-state index contributed by atoms with van der Waals surface area (Å²) in [5.74, 6) is 0.449. The number of Topliss-reactive ketones (excluding diaryl/α,β-unsaturated/α-hetero) is 1. The lowest BCUT2D eigenvalue weighted by Crippen LogP contribution is -2.32. The lowest BCUT2D eigenvalue weighted by atomic mass is 9.93. The number of carbonyl (C=O) groups excluding carboxylic acids is 1. The smallest absolute Gasteiger partial charge is 0.186 e. The maximum atomic E-state index is 13.6. The van der Waals surface area contributed by atoms with Gasteiger partial charge in [0.1, 0.15) is 0 Å². The Morgan fingerprint density at radius 3 is 2.33 bits per heavy atom. The van der Waals surface area contributed by atoms with Crippen molar-refractivity contribution in [1.29, 1.82) is 0 Å². The van der Waals surface area contributed by atoms with E-state index in [2.05, 4.69) is 48.4 Å². The summed E-state index contributed by atoms with van der Waals surface area (Å²) in [6.07, 6.45) is 2.85. The van der Waals surface area contributed by atoms with Crippen molar-refractivity contribution < 1.29 is 4.79 Å². The van der Waals surface area contributed by atoms with E-state index in [0.717, 1.165) is 35.0 Å². The number of carbonyl (C=O) groups is 1. The SMILES string of the molecule is CC[C@@H](CN[C@@H](C(=O)c1c[nH]c2ccccc12)c1ccccc1)c1ccc(C)cc1. The van der Waals surface area contributed by atoms with Crippen LogP contribution in [0.4, 0.5) is 0 Å². The first-order valence-corrected chi connectivity index (χ1v) is 10.6. The van der Waals surface area contributed by atoms with Crippen molar-refractivity contribution in [3.63, 3.8) is 0 Å². The van der Waals surface area contributed by atoms with Gasteiger partial charge in [0.2, 0.25) is 0 Å². The van der Waals surface area contributed by atoms with Crippen LogP contribution in [-0.4, -0.2) is 17.3 Å². The monoisotopic (exact) mass is 396 g/mol. The molecule has 0 aliphatic rings. The Kier molecular flexibility index (Phi) is 6.10. The molecule has 0 fully saturated rings. The molecule has 0 saturated carbocycles. The maximum absolute atomic E-state index is 13.6. The first-order valence-electron chi connectivity index (χ1n) is 10.6. The van der Waals surface area contributed by atoms with Crippen molar-refractivity contribution in [2.45, 2.75) is 32.2 Å². The van der Waals surface area contributed by atoms with Crippen molar-refractivity contribution in [2.75, 3.05) is 6.54 Å². The molecule has 0 saturated heterocycles. The minimum Gasteiger partial charge on any atom is -0.360 e. The highest BCUT2D eigenvalue weighted by molar-refractivity contribution is 6.10. The Balaban J connectivity index is 1.62. The van der Waals surface area contributed by atoms with Gasteiger partial charge in [0.25, 0.3) is 0 Å². The van der Waals surface area contributed by atoms with Gasteiger partial charge in [-0.1, -0.05) is 85.3 Å². The topological polar surface area (TPSA) is 44.9 Å². The average molecular weight is 397 g/mol. The van der Waals surface area contributed by atoms with Crippen LogP contribution in [0.5, 0.6) is 0 Å². The summed E-state index contributed by atoms with van der Waals surface area (Å²) in [5, 5.41) is 4.56. The zero-order chi connectivity index (χ0) is 20.9. The average Bonchev–Trinajstić information content (AvgIpc) is 3.22. The van der Waals surface area contributed by atoms with E-state index in [9.17, 15) is 4.79 Å². The summed E-state index contributed by atoms with van der Waals surface area (Å²) < 4.78 is 0. The lowest BCUT2D eigenvalue weighted by molar-refractivity contribution is 0.0943. The van der Waals surface area contributed by atoms with E-state index in [1.54, 1.807) is 0 Å². The molecule has 0 amide bonds. The van der Waals surface area contributed by atoms with Crippen molar-refractivity contribution in [2.24, 2.45) is 0 Å². The number of hydrogen-bond acceptors (Lipinski definition) is 2. The molecular weight excluding hydrogens is 368 g/mol. The maximum Gasteiger partial charge on any atom is 0.186 e. The van der Waals surface area contributed by atoms with E-state index in [1.807, 2.05) is 60.8 Å². The van der Waals surface area contributed by atoms with Crippen LogP contribution in [0.15, 0.2) is 85.1 Å². The molecule has 3 nitrogen and oxygen atoms in total. The Morgan fingerprint density at radius 1 is 0.900 bits per heavy atom. The number of benzene rings is 3. The van der Waals surface area contributed by atoms with Crippen LogP contribution in [0.1, 0.15) is 52.4 Å². The minimum atomic E-state index is -0.384. The number of nitrogens with one attached hydrogen (secondary N) is 2. The molecule has 2 N–H and O–H groups in total. The van der Waals surface area contributed by atoms with Gasteiger partial charge in [-0.2, -0.15) is 0 Å². The predicted octanol–water partition coefficient (Wildman–Crippen LogP) is 6.18. The second kappa shape index (κ2) is 9.10. The highest BCUT2D eigenvalue weighted by atomic mass is 16.1. The molecule has 3 heteroatoms. The van der Waals surface area contributed by atoms with Gasteiger partial charge < -0.3 is 10.3 Å². The van der Waals surface area contributed by atoms with Crippen molar-refractivity contribution in [1.82, 2.24) is 10.3 Å². The molecule has 0 aliphatic carbocycles. The van der Waals surface area contributed by atoms with Crippen LogP contribution < -0.4 is 5.32 Å². The van der Waals surface area contributed by atoms with E-state index in [1.165, 1.54) is 11.1 Å². The molecule has 1 aromatic heterocycles. The van der Waals surface area contributed by atoms with Crippen LogP contribution in [0, 0.1) is 6.92 Å². The van der Waals surface area contributed by atoms with E-state index in [-0.39, 0.29) is 11.8 Å². The van der Waals surface area contributed by atoms with E-state index >= 15 is 0 Å². The highest BCUT2D eigenvalue weighted by Crippen LogP contribution is 2.26. The lowest BCUT2D eigenvalue weighted by Gasteiger charge is -2.22. The summed E-state index contributed by atoms with van der Waals surface area (Å²) in [7, 11) is 0. The molecule has 0 bridgehead atoms. The summed E-state index contributed by atoms with van der Waals surface area (Å²) in [6.45, 7) is 5.05. The Labute approximate surface area is 178 Å². The number of rotatable bonds is 8. The number of aromatic nitrogens is 1. The predicted molar refractivity (Wildman–Crippen MR) is 124 cm³/mol. The summed E-state index contributed by atoms with van der Waals surface area (Å²) in [6, 6.07) is 26.3. The third-order valence-corrected chi connectivity index (χ3v) is 5.86. The first-order chi connectivity index (χ1) is 14.7. The van der Waals surface area contributed by atoms with Crippen LogP contribution >= 0.6 is 0 Å². The van der Waals surface area contributed by atoms with Crippen molar-refractivity contribution >= 4 is 16.7 Å². The molecular formula is C27H28N2O. The fourth-order valence-corrected chi connectivity index (χ4v) is 4.03. The normalized spacial score (nSPS) is 13.3. The second-order valence-electron chi connectivity index (χ2n) is 7.88. The quantitative estimate of drug-likeness (QED) is 0.349. The molecule has 0 spiro atoms. The van der Waals surface area contributed by atoms with Gasteiger partial charge in [-0.25, -0.2) is 0 Å². The van der Waals surface area contributed by atoms with Gasteiger partial charge >= 0.3 is 0 Å². The number of aryl methyl sites for hydroxylation is 1. The zero-order valence-corrected chi connectivity index (χ0v) is 17.6. The third kappa shape index (κ3) is 4.22. The number of ketones is 1. The molecule has 4 rings (SSSR count). The van der Waals surface area contributed by atoms with Crippen LogP contribution in [-0.2, 0) is 0 Å². The zero-order valence-electron chi connectivity index (χ0n) is 17.6. The molecule has 2 atom stereocenters. The van der Waals surface area contributed by atoms with Crippen molar-refractivity contribution in [3.05, 3.63) is 107 Å². The van der Waals surface area contributed by atoms with Gasteiger partial charge in [-0.15, -0.1) is 0 Å². The van der Waals surface area contributed by atoms with E-state index < -0.39 is 0 Å². The molecule has 30 heavy (non-hydrogen) atoms. The Hall–Kier alpha value is -3.17. The fraction of sp³-hybridized carbons (Fsp3) is 0.222. The van der Waals surface area contributed by atoms with Gasteiger partial charge in [-0.05, 0) is 36.5 Å². The largest absolute Gasteiger partial charge is 0.360 e. The van der Waals surface area contributed by atoms with Gasteiger partial charge in [0, 0.05) is 29.2 Å².